The molecule has 212 valence electrons. The number of amides is 3. The van der Waals surface area contributed by atoms with E-state index in [1.54, 1.807) is 36.4 Å². The molecule has 41 heavy (non-hydrogen) atoms. The number of imide groups is 1. The highest BCUT2D eigenvalue weighted by Gasteiger charge is 2.36. The highest BCUT2D eigenvalue weighted by atomic mass is 127. The first-order chi connectivity index (χ1) is 19.6. The number of hydrogen-bond donors (Lipinski definition) is 1. The van der Waals surface area contributed by atoms with Crippen LogP contribution in [0.3, 0.4) is 0 Å². The minimum Gasteiger partial charge on any atom is -0.490 e. The smallest absolute Gasteiger partial charge is 0.294 e. The number of aryl methyl sites for hydroxylation is 1. The molecule has 0 radical (unpaired) electrons. The Morgan fingerprint density at radius 2 is 1.85 bits per heavy atom. The van der Waals surface area contributed by atoms with Gasteiger partial charge in [0.05, 0.1) is 20.0 Å². The van der Waals surface area contributed by atoms with Crippen molar-refractivity contribution in [1.29, 1.82) is 0 Å². The molecule has 3 aromatic carbocycles. The Bertz CT molecular complexity index is 1560. The van der Waals surface area contributed by atoms with E-state index >= 15 is 0 Å². The summed E-state index contributed by atoms with van der Waals surface area (Å²) in [7, 11) is 0. The lowest BCUT2D eigenvalue weighted by Gasteiger charge is -2.15. The summed E-state index contributed by atoms with van der Waals surface area (Å²) >= 11 is 2.86. The summed E-state index contributed by atoms with van der Waals surface area (Å²) in [6.45, 7) is 5.77. The summed E-state index contributed by atoms with van der Waals surface area (Å²) in [5, 5.41) is 13.1. The summed E-state index contributed by atoms with van der Waals surface area (Å²) in [6, 6.07) is 15.1. The van der Waals surface area contributed by atoms with Crippen molar-refractivity contribution in [1.82, 2.24) is 4.90 Å². The maximum atomic E-state index is 13.1. The van der Waals surface area contributed by atoms with Crippen LogP contribution in [-0.2, 0) is 16.2 Å². The van der Waals surface area contributed by atoms with Crippen LogP contribution >= 0.6 is 34.4 Å². The molecule has 4 rings (SSSR count). The van der Waals surface area contributed by atoms with E-state index in [1.807, 2.05) is 32.9 Å². The van der Waals surface area contributed by atoms with Crippen LogP contribution in [0.2, 0.25) is 0 Å². The van der Waals surface area contributed by atoms with Gasteiger partial charge in [-0.1, -0.05) is 12.1 Å². The van der Waals surface area contributed by atoms with E-state index in [9.17, 15) is 24.5 Å². The van der Waals surface area contributed by atoms with E-state index in [4.69, 9.17) is 9.47 Å². The Labute approximate surface area is 254 Å². The van der Waals surface area contributed by atoms with Gasteiger partial charge in [0.2, 0.25) is 5.91 Å². The predicted molar refractivity (Wildman–Crippen MR) is 165 cm³/mol. The van der Waals surface area contributed by atoms with Gasteiger partial charge in [-0.25, -0.2) is 0 Å². The van der Waals surface area contributed by atoms with E-state index in [0.29, 0.717) is 32.9 Å². The molecule has 0 aliphatic carbocycles. The Morgan fingerprint density at radius 1 is 1.12 bits per heavy atom. The number of nitrogens with one attached hydrogen (secondary N) is 1. The molecule has 1 aliphatic rings. The average Bonchev–Trinajstić information content (AvgIpc) is 3.18. The highest BCUT2D eigenvalue weighted by Crippen LogP contribution is 2.38. The minimum atomic E-state index is -0.553. The van der Waals surface area contributed by atoms with Gasteiger partial charge in [-0.05, 0) is 114 Å². The summed E-state index contributed by atoms with van der Waals surface area (Å²) in [6.07, 6.45) is 1.58. The number of thioether (sulfide) groups is 1. The number of benzene rings is 3. The summed E-state index contributed by atoms with van der Waals surface area (Å²) in [4.78, 5) is 49.9. The Morgan fingerprint density at radius 3 is 2.54 bits per heavy atom. The quantitative estimate of drug-likeness (QED) is 0.111. The number of non-ortho nitro benzene ring substituents is 1. The van der Waals surface area contributed by atoms with E-state index in [-0.39, 0.29) is 17.2 Å². The number of nitro benzene ring substituents is 1. The second kappa shape index (κ2) is 13.2. The second-order valence-corrected chi connectivity index (χ2v) is 11.2. The molecule has 12 heteroatoms. The molecule has 1 N–H and O–H groups in total. The molecule has 1 aliphatic heterocycles. The first-order valence-electron chi connectivity index (χ1n) is 12.5. The van der Waals surface area contributed by atoms with Crippen LogP contribution in [0.15, 0.2) is 59.5 Å². The molecule has 3 aromatic rings. The van der Waals surface area contributed by atoms with Crippen LogP contribution in [0.25, 0.3) is 6.08 Å². The zero-order chi connectivity index (χ0) is 29.7. The molecule has 0 aromatic heterocycles. The fourth-order valence-corrected chi connectivity index (χ4v) is 5.57. The van der Waals surface area contributed by atoms with Crippen LogP contribution in [0.5, 0.6) is 11.5 Å². The third-order valence-electron chi connectivity index (χ3n) is 6.21. The van der Waals surface area contributed by atoms with Crippen molar-refractivity contribution >= 4 is 68.9 Å². The van der Waals surface area contributed by atoms with Crippen molar-refractivity contribution in [2.75, 3.05) is 18.5 Å². The Balaban J connectivity index is 1.48. The maximum absolute atomic E-state index is 13.1. The highest BCUT2D eigenvalue weighted by molar-refractivity contribution is 14.1. The fourth-order valence-electron chi connectivity index (χ4n) is 3.95. The molecule has 1 fully saturated rings. The first kappa shape index (κ1) is 30.1. The van der Waals surface area contributed by atoms with Gasteiger partial charge >= 0.3 is 0 Å². The third kappa shape index (κ3) is 7.24. The number of rotatable bonds is 10. The maximum Gasteiger partial charge on any atom is 0.294 e. The monoisotopic (exact) mass is 687 g/mol. The van der Waals surface area contributed by atoms with Gasteiger partial charge in [0.15, 0.2) is 11.5 Å². The number of hydrogen-bond acceptors (Lipinski definition) is 8. The van der Waals surface area contributed by atoms with Gasteiger partial charge in [-0.3, -0.25) is 29.4 Å². The normalized spacial score (nSPS) is 14.0. The summed E-state index contributed by atoms with van der Waals surface area (Å²) < 4.78 is 12.5. The van der Waals surface area contributed by atoms with Gasteiger partial charge in [0, 0.05) is 17.8 Å². The van der Waals surface area contributed by atoms with Crippen molar-refractivity contribution in [3.63, 3.8) is 0 Å². The molecular weight excluding hydrogens is 661 g/mol. The van der Waals surface area contributed by atoms with Crippen LogP contribution in [-0.4, -0.2) is 40.0 Å². The molecular formula is C29H26IN3O7S. The van der Waals surface area contributed by atoms with Crippen LogP contribution in [0.1, 0.15) is 29.2 Å². The number of nitro groups is 1. The molecule has 10 nitrogen and oxygen atoms in total. The average molecular weight is 688 g/mol. The molecule has 3 amide bonds. The number of nitrogens with zero attached hydrogens (tertiary/aromatic N) is 2. The van der Waals surface area contributed by atoms with E-state index in [1.165, 1.54) is 12.1 Å². The molecule has 1 saturated heterocycles. The minimum absolute atomic E-state index is 0.00546. The lowest BCUT2D eigenvalue weighted by Crippen LogP contribution is -2.36. The van der Waals surface area contributed by atoms with E-state index < -0.39 is 28.5 Å². The van der Waals surface area contributed by atoms with E-state index in [0.717, 1.165) is 33.4 Å². The predicted octanol–water partition coefficient (Wildman–Crippen LogP) is 6.47. The van der Waals surface area contributed by atoms with Crippen molar-refractivity contribution in [3.05, 3.63) is 95.4 Å². The molecule has 0 unspecified atom stereocenters. The first-order valence-corrected chi connectivity index (χ1v) is 14.4. The fraction of sp³-hybridized carbons (Fsp3) is 0.207. The number of carbonyl (C=O) groups excluding carboxylic acids is 3. The third-order valence-corrected chi connectivity index (χ3v) is 7.92. The topological polar surface area (TPSA) is 128 Å². The zero-order valence-electron chi connectivity index (χ0n) is 22.4. The Kier molecular flexibility index (Phi) is 9.65. The molecule has 0 atom stereocenters. The van der Waals surface area contributed by atoms with Gasteiger partial charge in [-0.15, -0.1) is 0 Å². The van der Waals surface area contributed by atoms with Crippen molar-refractivity contribution in [2.24, 2.45) is 0 Å². The number of halogens is 1. The lowest BCUT2D eigenvalue weighted by molar-refractivity contribution is -0.384. The molecule has 1 heterocycles. The van der Waals surface area contributed by atoms with Crippen molar-refractivity contribution < 1.29 is 28.8 Å². The SMILES string of the molecule is CCOc1cc(/C=C2/SC(=O)N(CC(=O)Nc3cccc(C)c3C)C2=O)cc(I)c1OCc1ccc([N+](=O)[O-])cc1. The number of carbonyl (C=O) groups is 3. The van der Waals surface area contributed by atoms with Gasteiger partial charge < -0.3 is 14.8 Å². The molecule has 0 saturated carbocycles. The molecule has 0 spiro atoms. The van der Waals surface area contributed by atoms with Crippen LogP contribution < -0.4 is 14.8 Å². The standard InChI is InChI=1S/C29H26IN3O7S/c1-4-39-24-13-20(12-22(30)27(24)40-16-19-8-10-21(11-9-19)33(37)38)14-25-28(35)32(29(36)41-25)15-26(34)31-23-7-5-6-17(2)18(23)3/h5-14H,4,15-16H2,1-3H3,(H,31,34)/b25-14+. The number of ether oxygens (including phenoxy) is 2. The largest absolute Gasteiger partial charge is 0.490 e. The van der Waals surface area contributed by atoms with Crippen molar-refractivity contribution in [3.8, 4) is 11.5 Å². The van der Waals surface area contributed by atoms with Crippen LogP contribution in [0, 0.1) is 27.5 Å². The summed E-state index contributed by atoms with van der Waals surface area (Å²) in [5.41, 5.74) is 3.91. The zero-order valence-corrected chi connectivity index (χ0v) is 25.4. The Hall–Kier alpha value is -3.91. The van der Waals surface area contributed by atoms with Crippen LogP contribution in [0.4, 0.5) is 16.2 Å². The number of anilines is 1. The van der Waals surface area contributed by atoms with E-state index in [2.05, 4.69) is 27.9 Å². The second-order valence-electron chi connectivity index (χ2n) is 9.04. The molecule has 0 bridgehead atoms. The van der Waals surface area contributed by atoms with Gasteiger partial charge in [0.25, 0.3) is 16.8 Å². The van der Waals surface area contributed by atoms with Gasteiger partial charge in [-0.2, -0.15) is 0 Å². The lowest BCUT2D eigenvalue weighted by atomic mass is 10.1. The van der Waals surface area contributed by atoms with Crippen molar-refractivity contribution in [2.45, 2.75) is 27.4 Å². The van der Waals surface area contributed by atoms with Gasteiger partial charge in [0.1, 0.15) is 13.2 Å². The summed E-state index contributed by atoms with van der Waals surface area (Å²) in [5.74, 6) is -0.0913.